The molecule has 0 saturated heterocycles. The van der Waals surface area contributed by atoms with Crippen LogP contribution in [0, 0.1) is 0 Å². The van der Waals surface area contributed by atoms with Crippen LogP contribution in [0.5, 0.6) is 5.75 Å². The molecule has 17 heavy (non-hydrogen) atoms. The van der Waals surface area contributed by atoms with Gasteiger partial charge in [0.2, 0.25) is 0 Å². The van der Waals surface area contributed by atoms with E-state index in [9.17, 15) is 0 Å². The van der Waals surface area contributed by atoms with Crippen molar-refractivity contribution in [2.24, 2.45) is 0 Å². The van der Waals surface area contributed by atoms with Crippen LogP contribution in [0.15, 0.2) is 36.9 Å². The van der Waals surface area contributed by atoms with E-state index in [0.29, 0.717) is 0 Å². The summed E-state index contributed by atoms with van der Waals surface area (Å²) >= 11 is 0. The van der Waals surface area contributed by atoms with E-state index in [1.54, 1.807) is 0 Å². The smallest absolute Gasteiger partial charge is 0.119 e. The van der Waals surface area contributed by atoms with Crippen molar-refractivity contribution in [1.82, 2.24) is 0 Å². The molecule has 0 atom stereocenters. The molecule has 0 aliphatic rings. The van der Waals surface area contributed by atoms with Gasteiger partial charge in [0.1, 0.15) is 5.75 Å². The fourth-order valence-electron chi connectivity index (χ4n) is 1.76. The Labute approximate surface area is 105 Å². The summed E-state index contributed by atoms with van der Waals surface area (Å²) in [6, 6.07) is 8.33. The summed E-state index contributed by atoms with van der Waals surface area (Å²) in [4.78, 5) is 2.32. The Morgan fingerprint density at radius 3 is 2.35 bits per heavy atom. The second kappa shape index (κ2) is 7.77. The topological polar surface area (TPSA) is 12.5 Å². The van der Waals surface area contributed by atoms with Crippen LogP contribution < -0.4 is 9.64 Å². The normalized spacial score (nSPS) is 10.0. The van der Waals surface area contributed by atoms with E-state index in [-0.39, 0.29) is 0 Å². The number of rotatable bonds is 8. The lowest BCUT2D eigenvalue weighted by molar-refractivity contribution is 0.312. The number of anilines is 1. The van der Waals surface area contributed by atoms with E-state index < -0.39 is 0 Å². The zero-order valence-corrected chi connectivity index (χ0v) is 11.0. The lowest BCUT2D eigenvalue weighted by Crippen LogP contribution is -2.21. The number of nitrogens with zero attached hydrogens (tertiary/aromatic N) is 1. The van der Waals surface area contributed by atoms with Crippen molar-refractivity contribution in [2.75, 3.05) is 24.6 Å². The highest BCUT2D eigenvalue weighted by molar-refractivity contribution is 5.48. The molecule has 0 aliphatic carbocycles. The highest BCUT2D eigenvalue weighted by Crippen LogP contribution is 2.19. The monoisotopic (exact) mass is 233 g/mol. The summed E-state index contributed by atoms with van der Waals surface area (Å²) in [5, 5.41) is 0. The number of allylic oxidation sites excluding steroid dienone is 1. The van der Waals surface area contributed by atoms with Crippen molar-refractivity contribution < 1.29 is 4.74 Å². The molecule has 0 fully saturated rings. The van der Waals surface area contributed by atoms with E-state index in [1.807, 2.05) is 18.2 Å². The van der Waals surface area contributed by atoms with Crippen LogP contribution in [0.2, 0.25) is 0 Å². The largest absolute Gasteiger partial charge is 0.494 e. The molecule has 0 amide bonds. The molecule has 0 spiro atoms. The molecule has 0 aliphatic heterocycles. The molecular formula is C15H23NO. The van der Waals surface area contributed by atoms with E-state index in [0.717, 1.165) is 38.3 Å². The summed E-state index contributed by atoms with van der Waals surface area (Å²) in [7, 11) is 0. The first-order valence-corrected chi connectivity index (χ1v) is 6.40. The first-order valence-electron chi connectivity index (χ1n) is 6.40. The molecular weight excluding hydrogens is 210 g/mol. The molecule has 1 rings (SSSR count). The maximum Gasteiger partial charge on any atom is 0.119 e. The third kappa shape index (κ3) is 4.51. The van der Waals surface area contributed by atoms with Gasteiger partial charge in [0, 0.05) is 18.8 Å². The Morgan fingerprint density at radius 1 is 1.18 bits per heavy atom. The van der Waals surface area contributed by atoms with Gasteiger partial charge < -0.3 is 9.64 Å². The SMILES string of the molecule is C=CCCCOc1ccc(N(CC)CC)cc1. The quantitative estimate of drug-likeness (QED) is 0.499. The zero-order valence-electron chi connectivity index (χ0n) is 11.0. The van der Waals surface area contributed by atoms with Gasteiger partial charge >= 0.3 is 0 Å². The van der Waals surface area contributed by atoms with Gasteiger partial charge in [0.05, 0.1) is 6.61 Å². The average molecular weight is 233 g/mol. The minimum absolute atomic E-state index is 0.761. The number of ether oxygens (including phenoxy) is 1. The second-order valence-electron chi connectivity index (χ2n) is 3.95. The maximum atomic E-state index is 5.64. The van der Waals surface area contributed by atoms with Gasteiger partial charge in [-0.25, -0.2) is 0 Å². The predicted octanol–water partition coefficient (Wildman–Crippen LogP) is 3.88. The van der Waals surface area contributed by atoms with Crippen LogP contribution in [0.1, 0.15) is 26.7 Å². The van der Waals surface area contributed by atoms with Crippen molar-refractivity contribution in [3.05, 3.63) is 36.9 Å². The highest BCUT2D eigenvalue weighted by atomic mass is 16.5. The minimum atomic E-state index is 0.761. The summed E-state index contributed by atoms with van der Waals surface area (Å²) in [6.45, 7) is 10.9. The van der Waals surface area contributed by atoms with Crippen molar-refractivity contribution in [3.8, 4) is 5.75 Å². The van der Waals surface area contributed by atoms with Crippen molar-refractivity contribution >= 4 is 5.69 Å². The van der Waals surface area contributed by atoms with Crippen LogP contribution in [0.3, 0.4) is 0 Å². The molecule has 0 unspecified atom stereocenters. The van der Waals surface area contributed by atoms with Crippen LogP contribution in [0.25, 0.3) is 0 Å². The molecule has 2 heteroatoms. The molecule has 1 aromatic rings. The Bertz CT molecular complexity index is 314. The predicted molar refractivity (Wildman–Crippen MR) is 74.9 cm³/mol. The van der Waals surface area contributed by atoms with E-state index in [4.69, 9.17) is 4.74 Å². The Kier molecular flexibility index (Phi) is 6.23. The van der Waals surface area contributed by atoms with Gasteiger partial charge in [-0.2, -0.15) is 0 Å². The van der Waals surface area contributed by atoms with Gasteiger partial charge in [-0.3, -0.25) is 0 Å². The van der Waals surface area contributed by atoms with Gasteiger partial charge in [-0.05, 0) is 51.0 Å². The number of hydrogen-bond donors (Lipinski definition) is 0. The van der Waals surface area contributed by atoms with E-state index in [2.05, 4.69) is 37.5 Å². The van der Waals surface area contributed by atoms with E-state index >= 15 is 0 Å². The Hall–Kier alpha value is -1.44. The third-order valence-electron chi connectivity index (χ3n) is 2.79. The Morgan fingerprint density at radius 2 is 1.82 bits per heavy atom. The number of benzene rings is 1. The highest BCUT2D eigenvalue weighted by Gasteiger charge is 2.01. The average Bonchev–Trinajstić information content (AvgIpc) is 2.38. The minimum Gasteiger partial charge on any atom is -0.494 e. The lowest BCUT2D eigenvalue weighted by atomic mass is 10.2. The standard InChI is InChI=1S/C15H23NO/c1-4-7-8-13-17-15-11-9-14(10-12-15)16(5-2)6-3/h4,9-12H,1,5-8,13H2,2-3H3. The van der Waals surface area contributed by atoms with Gasteiger partial charge in [0.15, 0.2) is 0 Å². The summed E-state index contributed by atoms with van der Waals surface area (Å²) in [5.41, 5.74) is 1.26. The van der Waals surface area contributed by atoms with Crippen LogP contribution in [-0.2, 0) is 0 Å². The molecule has 1 aromatic carbocycles. The van der Waals surface area contributed by atoms with Gasteiger partial charge in [0.25, 0.3) is 0 Å². The Balaban J connectivity index is 2.46. The zero-order chi connectivity index (χ0) is 12.5. The van der Waals surface area contributed by atoms with Gasteiger partial charge in [-0.1, -0.05) is 6.08 Å². The fourth-order valence-corrected chi connectivity index (χ4v) is 1.76. The molecule has 0 bridgehead atoms. The fraction of sp³-hybridized carbons (Fsp3) is 0.467. The summed E-state index contributed by atoms with van der Waals surface area (Å²) in [5.74, 6) is 0.949. The molecule has 94 valence electrons. The van der Waals surface area contributed by atoms with Crippen molar-refractivity contribution in [1.29, 1.82) is 0 Å². The molecule has 2 nitrogen and oxygen atoms in total. The van der Waals surface area contributed by atoms with Gasteiger partial charge in [-0.15, -0.1) is 6.58 Å². The number of hydrogen-bond acceptors (Lipinski definition) is 2. The van der Waals surface area contributed by atoms with Crippen molar-refractivity contribution in [3.63, 3.8) is 0 Å². The number of unbranched alkanes of at least 4 members (excludes halogenated alkanes) is 1. The first-order chi connectivity index (χ1) is 8.31. The van der Waals surface area contributed by atoms with E-state index in [1.165, 1.54) is 5.69 Å². The molecule has 0 N–H and O–H groups in total. The van der Waals surface area contributed by atoms with Crippen LogP contribution in [0.4, 0.5) is 5.69 Å². The lowest BCUT2D eigenvalue weighted by Gasteiger charge is -2.21. The van der Waals surface area contributed by atoms with Crippen LogP contribution >= 0.6 is 0 Å². The molecule has 0 heterocycles. The molecule has 0 saturated carbocycles. The first kappa shape index (κ1) is 13.6. The summed E-state index contributed by atoms with van der Waals surface area (Å²) < 4.78 is 5.64. The molecule has 0 aromatic heterocycles. The third-order valence-corrected chi connectivity index (χ3v) is 2.79. The maximum absolute atomic E-state index is 5.64. The summed E-state index contributed by atoms with van der Waals surface area (Å²) in [6.07, 6.45) is 3.96. The van der Waals surface area contributed by atoms with Crippen molar-refractivity contribution in [2.45, 2.75) is 26.7 Å². The molecule has 0 radical (unpaired) electrons. The second-order valence-corrected chi connectivity index (χ2v) is 3.95. The van der Waals surface area contributed by atoms with Crippen LogP contribution in [-0.4, -0.2) is 19.7 Å².